The van der Waals surface area contributed by atoms with Crippen LogP contribution in [0.2, 0.25) is 0 Å². The van der Waals surface area contributed by atoms with Crippen LogP contribution in [0.3, 0.4) is 0 Å². The van der Waals surface area contributed by atoms with Gasteiger partial charge in [-0.2, -0.15) is 0 Å². The van der Waals surface area contributed by atoms with Crippen molar-refractivity contribution in [2.75, 3.05) is 19.6 Å². The molecule has 2 fully saturated rings. The highest BCUT2D eigenvalue weighted by Gasteiger charge is 2.35. The Morgan fingerprint density at radius 1 is 1.11 bits per heavy atom. The molecule has 0 spiro atoms. The normalized spacial score (nSPS) is 27.2. The first kappa shape index (κ1) is 13.3. The molecule has 5 heteroatoms. The van der Waals surface area contributed by atoms with E-state index in [9.17, 15) is 9.59 Å². The van der Waals surface area contributed by atoms with Gasteiger partial charge < -0.3 is 10.6 Å². The summed E-state index contributed by atoms with van der Waals surface area (Å²) in [6, 6.07) is 0.132. The van der Waals surface area contributed by atoms with Crippen LogP contribution in [0.15, 0.2) is 0 Å². The first-order valence-corrected chi connectivity index (χ1v) is 6.90. The SMILES string of the molecule is CC(=O)N1CCN(C2CCCCC2)CC1C(N)=O. The third-order valence-electron chi connectivity index (χ3n) is 4.24. The molecule has 0 aromatic heterocycles. The molecule has 2 N–H and O–H groups in total. The molecule has 0 bridgehead atoms. The highest BCUT2D eigenvalue weighted by molar-refractivity contribution is 5.86. The molecule has 0 radical (unpaired) electrons. The highest BCUT2D eigenvalue weighted by atomic mass is 16.2. The molecular formula is C13H23N3O2. The summed E-state index contributed by atoms with van der Waals surface area (Å²) in [5.74, 6) is -0.437. The van der Waals surface area contributed by atoms with Gasteiger partial charge in [0.05, 0.1) is 0 Å². The van der Waals surface area contributed by atoms with E-state index in [1.165, 1.54) is 39.0 Å². The maximum Gasteiger partial charge on any atom is 0.241 e. The molecule has 1 aliphatic carbocycles. The maximum absolute atomic E-state index is 11.5. The zero-order valence-corrected chi connectivity index (χ0v) is 11.1. The van der Waals surface area contributed by atoms with Gasteiger partial charge in [-0.1, -0.05) is 19.3 Å². The number of amides is 2. The van der Waals surface area contributed by atoms with Crippen molar-refractivity contribution in [3.8, 4) is 0 Å². The number of carbonyl (C=O) groups excluding carboxylic acids is 2. The summed E-state index contributed by atoms with van der Waals surface area (Å²) >= 11 is 0. The minimum absolute atomic E-state index is 0.0536. The van der Waals surface area contributed by atoms with Gasteiger partial charge in [0.25, 0.3) is 0 Å². The number of carbonyl (C=O) groups is 2. The van der Waals surface area contributed by atoms with Crippen LogP contribution in [0.5, 0.6) is 0 Å². The fraction of sp³-hybridized carbons (Fsp3) is 0.846. The van der Waals surface area contributed by atoms with E-state index < -0.39 is 6.04 Å². The monoisotopic (exact) mass is 253 g/mol. The van der Waals surface area contributed by atoms with Crippen molar-refractivity contribution in [3.05, 3.63) is 0 Å². The van der Waals surface area contributed by atoms with Crippen molar-refractivity contribution in [1.29, 1.82) is 0 Å². The number of nitrogens with two attached hydrogens (primary N) is 1. The van der Waals surface area contributed by atoms with E-state index >= 15 is 0 Å². The fourth-order valence-corrected chi connectivity index (χ4v) is 3.20. The van der Waals surface area contributed by atoms with Crippen LogP contribution in [0.25, 0.3) is 0 Å². The summed E-state index contributed by atoms with van der Waals surface area (Å²) in [5, 5.41) is 0. The summed E-state index contributed by atoms with van der Waals surface area (Å²) in [5.41, 5.74) is 5.43. The minimum atomic E-state index is -0.446. The molecule has 1 heterocycles. The Bertz CT molecular complexity index is 326. The second-order valence-electron chi connectivity index (χ2n) is 5.42. The molecule has 102 valence electrons. The van der Waals surface area contributed by atoms with Crippen LogP contribution in [0.1, 0.15) is 39.0 Å². The van der Waals surface area contributed by atoms with Crippen LogP contribution in [-0.4, -0.2) is 53.3 Å². The van der Waals surface area contributed by atoms with E-state index in [1.807, 2.05) is 0 Å². The summed E-state index contributed by atoms with van der Waals surface area (Å²) in [4.78, 5) is 27.0. The molecule has 1 aliphatic heterocycles. The number of rotatable bonds is 2. The van der Waals surface area contributed by atoms with Crippen molar-refractivity contribution in [2.24, 2.45) is 5.73 Å². The van der Waals surface area contributed by atoms with E-state index in [1.54, 1.807) is 4.90 Å². The molecule has 5 nitrogen and oxygen atoms in total. The summed E-state index contributed by atoms with van der Waals surface area (Å²) < 4.78 is 0. The second kappa shape index (κ2) is 5.69. The second-order valence-corrected chi connectivity index (χ2v) is 5.42. The molecule has 18 heavy (non-hydrogen) atoms. The van der Waals surface area contributed by atoms with Gasteiger partial charge in [0.15, 0.2) is 0 Å². The van der Waals surface area contributed by atoms with E-state index in [2.05, 4.69) is 4.90 Å². The molecule has 1 saturated carbocycles. The van der Waals surface area contributed by atoms with Gasteiger partial charge in [0.1, 0.15) is 6.04 Å². The van der Waals surface area contributed by atoms with Gasteiger partial charge in [0.2, 0.25) is 11.8 Å². The van der Waals surface area contributed by atoms with E-state index in [4.69, 9.17) is 5.73 Å². The van der Waals surface area contributed by atoms with Crippen LogP contribution < -0.4 is 5.73 Å². The molecular weight excluding hydrogens is 230 g/mol. The molecule has 2 rings (SSSR count). The smallest absolute Gasteiger partial charge is 0.241 e. The predicted molar refractivity (Wildman–Crippen MR) is 68.8 cm³/mol. The maximum atomic E-state index is 11.5. The summed E-state index contributed by atoms with van der Waals surface area (Å²) in [6.45, 7) is 3.61. The van der Waals surface area contributed by atoms with Gasteiger partial charge in [0, 0.05) is 32.6 Å². The van der Waals surface area contributed by atoms with Crippen molar-refractivity contribution in [3.63, 3.8) is 0 Å². The zero-order chi connectivity index (χ0) is 13.1. The third kappa shape index (κ3) is 2.83. The summed E-state index contributed by atoms with van der Waals surface area (Å²) in [6.07, 6.45) is 6.30. The average Bonchev–Trinajstić information content (AvgIpc) is 2.39. The Kier molecular flexibility index (Phi) is 4.22. The Balaban J connectivity index is 2.01. The lowest BCUT2D eigenvalue weighted by molar-refractivity contribution is -0.141. The summed E-state index contributed by atoms with van der Waals surface area (Å²) in [7, 11) is 0. The average molecular weight is 253 g/mol. The van der Waals surface area contributed by atoms with Crippen LogP contribution in [0.4, 0.5) is 0 Å². The first-order valence-electron chi connectivity index (χ1n) is 6.90. The lowest BCUT2D eigenvalue weighted by Gasteiger charge is -2.44. The lowest BCUT2D eigenvalue weighted by atomic mass is 9.93. The largest absolute Gasteiger partial charge is 0.368 e. The predicted octanol–water partition coefficient (Wildman–Crippen LogP) is 0.337. The molecule has 1 unspecified atom stereocenters. The lowest BCUT2D eigenvalue weighted by Crippen LogP contribution is -2.61. The number of nitrogens with zero attached hydrogens (tertiary/aromatic N) is 2. The molecule has 1 atom stereocenters. The van der Waals surface area contributed by atoms with E-state index in [-0.39, 0.29) is 11.8 Å². The van der Waals surface area contributed by atoms with Gasteiger partial charge in [-0.15, -0.1) is 0 Å². The molecule has 2 amide bonds. The third-order valence-corrected chi connectivity index (χ3v) is 4.24. The molecule has 0 aromatic carbocycles. The topological polar surface area (TPSA) is 66.6 Å². The van der Waals surface area contributed by atoms with Gasteiger partial charge >= 0.3 is 0 Å². The van der Waals surface area contributed by atoms with E-state index in [0.29, 0.717) is 19.1 Å². The Hall–Kier alpha value is -1.10. The Morgan fingerprint density at radius 3 is 2.33 bits per heavy atom. The van der Waals surface area contributed by atoms with Crippen LogP contribution in [0, 0.1) is 0 Å². The van der Waals surface area contributed by atoms with E-state index in [0.717, 1.165) is 6.54 Å². The van der Waals surface area contributed by atoms with Crippen molar-refractivity contribution in [1.82, 2.24) is 9.80 Å². The Morgan fingerprint density at radius 2 is 1.78 bits per heavy atom. The number of hydrogen-bond acceptors (Lipinski definition) is 3. The highest BCUT2D eigenvalue weighted by Crippen LogP contribution is 2.24. The molecule has 2 aliphatic rings. The molecule has 1 saturated heterocycles. The zero-order valence-electron chi connectivity index (χ0n) is 11.1. The van der Waals surface area contributed by atoms with Gasteiger partial charge in [-0.05, 0) is 12.8 Å². The standard InChI is InChI=1S/C13H23N3O2/c1-10(17)16-8-7-15(9-12(16)13(14)18)11-5-3-2-4-6-11/h11-12H,2-9H2,1H3,(H2,14,18). The first-order chi connectivity index (χ1) is 8.59. The number of hydrogen-bond donors (Lipinski definition) is 1. The molecule has 0 aromatic rings. The van der Waals surface area contributed by atoms with Gasteiger partial charge in [-0.3, -0.25) is 14.5 Å². The van der Waals surface area contributed by atoms with Gasteiger partial charge in [-0.25, -0.2) is 0 Å². The van der Waals surface area contributed by atoms with Crippen LogP contribution >= 0.6 is 0 Å². The van der Waals surface area contributed by atoms with Crippen molar-refractivity contribution < 1.29 is 9.59 Å². The van der Waals surface area contributed by atoms with Crippen molar-refractivity contribution >= 4 is 11.8 Å². The van der Waals surface area contributed by atoms with Crippen molar-refractivity contribution in [2.45, 2.75) is 51.1 Å². The number of piperazine rings is 1. The fourth-order valence-electron chi connectivity index (χ4n) is 3.20. The quantitative estimate of drug-likeness (QED) is 0.771. The minimum Gasteiger partial charge on any atom is -0.368 e. The Labute approximate surface area is 108 Å². The number of primary amides is 1. The van der Waals surface area contributed by atoms with Crippen LogP contribution in [-0.2, 0) is 9.59 Å².